The maximum atomic E-state index is 13.6. The number of ketones is 2. The van der Waals surface area contributed by atoms with Crippen molar-refractivity contribution >= 4 is 40.9 Å². The van der Waals surface area contributed by atoms with Crippen LogP contribution in [0.2, 0.25) is 10.0 Å². The van der Waals surface area contributed by atoms with Crippen molar-refractivity contribution in [1.29, 1.82) is 0 Å². The summed E-state index contributed by atoms with van der Waals surface area (Å²) >= 11 is 12.6. The fourth-order valence-electron chi connectivity index (χ4n) is 3.60. The van der Waals surface area contributed by atoms with Gasteiger partial charge in [-0.25, -0.2) is 4.79 Å². The van der Waals surface area contributed by atoms with Gasteiger partial charge in [-0.2, -0.15) is 0 Å². The zero-order chi connectivity index (χ0) is 25.4. The van der Waals surface area contributed by atoms with Crippen LogP contribution in [0.25, 0.3) is 0 Å². The molecule has 0 heterocycles. The standard InChI is InChI=1S/C26H32Cl2N2O4/c1-15(2)12-20(29)24(31)18-10-11-19(27)23(28)22(18)25(32)21(13-16(3)4)30-26(33)34-14-17-8-6-5-7-9-17/h5-11,15-16,20-21H,12-14,29H2,1-4H3,(H,30,33). The average molecular weight is 507 g/mol. The van der Waals surface area contributed by atoms with Crippen molar-refractivity contribution in [3.8, 4) is 0 Å². The van der Waals surface area contributed by atoms with E-state index in [2.05, 4.69) is 5.32 Å². The highest BCUT2D eigenvalue weighted by Gasteiger charge is 2.31. The molecular weight excluding hydrogens is 475 g/mol. The SMILES string of the molecule is CC(C)CC(N)C(=O)c1ccc(Cl)c(Cl)c1C(=O)C(CC(C)C)NC(=O)OCc1ccccc1. The number of rotatable bonds is 11. The van der Waals surface area contributed by atoms with E-state index in [0.29, 0.717) is 12.8 Å². The van der Waals surface area contributed by atoms with Crippen LogP contribution in [-0.4, -0.2) is 29.7 Å². The summed E-state index contributed by atoms with van der Waals surface area (Å²) in [4.78, 5) is 39.2. The van der Waals surface area contributed by atoms with Crippen LogP contribution in [-0.2, 0) is 11.3 Å². The molecule has 184 valence electrons. The van der Waals surface area contributed by atoms with Crippen molar-refractivity contribution < 1.29 is 19.1 Å². The van der Waals surface area contributed by atoms with Crippen LogP contribution >= 0.6 is 23.2 Å². The number of benzene rings is 2. The molecule has 2 aromatic rings. The number of Topliss-reactive ketones (excluding diaryl/α,β-unsaturated/α-hetero) is 2. The predicted octanol–water partition coefficient (Wildman–Crippen LogP) is 6.07. The van der Waals surface area contributed by atoms with Crippen LogP contribution in [0, 0.1) is 11.8 Å². The number of carbonyl (C=O) groups is 3. The van der Waals surface area contributed by atoms with E-state index in [4.69, 9.17) is 33.7 Å². The van der Waals surface area contributed by atoms with Crippen molar-refractivity contribution in [1.82, 2.24) is 5.32 Å². The van der Waals surface area contributed by atoms with Crippen molar-refractivity contribution in [3.05, 3.63) is 69.2 Å². The second-order valence-corrected chi connectivity index (χ2v) is 9.92. The fraction of sp³-hybridized carbons (Fsp3) is 0.423. The number of hydrogen-bond donors (Lipinski definition) is 2. The smallest absolute Gasteiger partial charge is 0.408 e. The number of carbonyl (C=O) groups excluding carboxylic acids is 3. The molecule has 0 aromatic heterocycles. The summed E-state index contributed by atoms with van der Waals surface area (Å²) in [6, 6.07) is 10.4. The van der Waals surface area contributed by atoms with Gasteiger partial charge in [0, 0.05) is 5.56 Å². The molecule has 0 aliphatic rings. The Morgan fingerprint density at radius 1 is 0.912 bits per heavy atom. The van der Waals surface area contributed by atoms with Gasteiger partial charge in [-0.15, -0.1) is 0 Å². The van der Waals surface area contributed by atoms with Gasteiger partial charge in [0.2, 0.25) is 0 Å². The lowest BCUT2D eigenvalue weighted by atomic mass is 9.89. The second kappa shape index (κ2) is 12.9. The summed E-state index contributed by atoms with van der Waals surface area (Å²) in [5.74, 6) is -0.664. The quantitative estimate of drug-likeness (QED) is 0.360. The van der Waals surface area contributed by atoms with Crippen molar-refractivity contribution in [2.45, 2.75) is 59.2 Å². The van der Waals surface area contributed by atoms with E-state index in [9.17, 15) is 14.4 Å². The first-order valence-electron chi connectivity index (χ1n) is 11.3. The fourth-order valence-corrected chi connectivity index (χ4v) is 4.01. The summed E-state index contributed by atoms with van der Waals surface area (Å²) < 4.78 is 5.29. The van der Waals surface area contributed by atoms with E-state index in [0.717, 1.165) is 5.56 Å². The molecule has 2 unspecified atom stereocenters. The Kier molecular flexibility index (Phi) is 10.5. The molecule has 2 atom stereocenters. The van der Waals surface area contributed by atoms with Crippen LogP contribution in [0.4, 0.5) is 4.79 Å². The van der Waals surface area contributed by atoms with Gasteiger partial charge in [-0.1, -0.05) is 81.2 Å². The first-order valence-corrected chi connectivity index (χ1v) is 12.1. The molecule has 1 amide bonds. The van der Waals surface area contributed by atoms with Gasteiger partial charge in [-0.3, -0.25) is 9.59 Å². The molecule has 6 nitrogen and oxygen atoms in total. The van der Waals surface area contributed by atoms with Crippen LogP contribution in [0.3, 0.4) is 0 Å². The van der Waals surface area contributed by atoms with E-state index >= 15 is 0 Å². The lowest BCUT2D eigenvalue weighted by Gasteiger charge is -2.22. The molecule has 8 heteroatoms. The zero-order valence-corrected chi connectivity index (χ0v) is 21.5. The number of alkyl carbamates (subject to hydrolysis) is 1. The molecule has 0 saturated heterocycles. The van der Waals surface area contributed by atoms with Crippen molar-refractivity contribution in [2.24, 2.45) is 17.6 Å². The molecule has 2 rings (SSSR count). The van der Waals surface area contributed by atoms with E-state index in [1.165, 1.54) is 12.1 Å². The van der Waals surface area contributed by atoms with E-state index in [1.807, 2.05) is 58.0 Å². The van der Waals surface area contributed by atoms with Gasteiger partial charge in [0.05, 0.1) is 27.7 Å². The number of amides is 1. The Balaban J connectivity index is 2.32. The maximum absolute atomic E-state index is 13.6. The molecule has 0 saturated carbocycles. The highest BCUT2D eigenvalue weighted by atomic mass is 35.5. The van der Waals surface area contributed by atoms with Crippen LogP contribution in [0.15, 0.2) is 42.5 Å². The largest absolute Gasteiger partial charge is 0.445 e. The zero-order valence-electron chi connectivity index (χ0n) is 19.9. The highest BCUT2D eigenvalue weighted by molar-refractivity contribution is 6.44. The Labute approximate surface area is 211 Å². The number of ether oxygens (including phenoxy) is 1. The third-order valence-electron chi connectivity index (χ3n) is 5.20. The van der Waals surface area contributed by atoms with Gasteiger partial charge in [0.1, 0.15) is 6.61 Å². The third kappa shape index (κ3) is 7.83. The third-order valence-corrected chi connectivity index (χ3v) is 6.00. The van der Waals surface area contributed by atoms with E-state index in [1.54, 1.807) is 0 Å². The first kappa shape index (κ1) is 27.8. The summed E-state index contributed by atoms with van der Waals surface area (Å²) in [5, 5.41) is 2.73. The maximum Gasteiger partial charge on any atom is 0.408 e. The van der Waals surface area contributed by atoms with Crippen molar-refractivity contribution in [3.63, 3.8) is 0 Å². The molecule has 3 N–H and O–H groups in total. The molecule has 0 aliphatic carbocycles. The Morgan fingerprint density at radius 2 is 1.53 bits per heavy atom. The molecule has 0 spiro atoms. The monoisotopic (exact) mass is 506 g/mol. The minimum absolute atomic E-state index is 0.0348. The van der Waals surface area contributed by atoms with E-state index in [-0.39, 0.29) is 39.6 Å². The lowest BCUT2D eigenvalue weighted by molar-refractivity contribution is 0.0888. The minimum Gasteiger partial charge on any atom is -0.445 e. The lowest BCUT2D eigenvalue weighted by Crippen LogP contribution is -2.43. The first-order chi connectivity index (χ1) is 16.0. The number of hydrogen-bond acceptors (Lipinski definition) is 5. The van der Waals surface area contributed by atoms with E-state index < -0.39 is 29.7 Å². The number of halogens is 2. The van der Waals surface area contributed by atoms with Gasteiger partial charge in [0.15, 0.2) is 11.6 Å². The van der Waals surface area contributed by atoms with Gasteiger partial charge in [-0.05, 0) is 42.4 Å². The molecule has 0 aliphatic heterocycles. The summed E-state index contributed by atoms with van der Waals surface area (Å²) in [6.07, 6.45) is 0.0189. The molecule has 2 aromatic carbocycles. The van der Waals surface area contributed by atoms with Gasteiger partial charge < -0.3 is 15.8 Å². The molecular formula is C26H32Cl2N2O4. The molecule has 0 radical (unpaired) electrons. The number of nitrogens with two attached hydrogens (primary N) is 1. The number of nitrogens with one attached hydrogen (secondary N) is 1. The van der Waals surface area contributed by atoms with Crippen LogP contribution < -0.4 is 11.1 Å². The molecule has 0 bridgehead atoms. The second-order valence-electron chi connectivity index (χ2n) is 9.14. The normalized spacial score (nSPS) is 13.0. The molecule has 34 heavy (non-hydrogen) atoms. The van der Waals surface area contributed by atoms with Crippen LogP contribution in [0.1, 0.15) is 66.8 Å². The average Bonchev–Trinajstić information content (AvgIpc) is 2.78. The Hall–Kier alpha value is -2.41. The van der Waals surface area contributed by atoms with Crippen LogP contribution in [0.5, 0.6) is 0 Å². The molecule has 0 fully saturated rings. The van der Waals surface area contributed by atoms with Gasteiger partial charge >= 0.3 is 6.09 Å². The summed E-state index contributed by atoms with van der Waals surface area (Å²) in [5.41, 5.74) is 6.99. The van der Waals surface area contributed by atoms with Crippen molar-refractivity contribution in [2.75, 3.05) is 0 Å². The Morgan fingerprint density at radius 3 is 2.12 bits per heavy atom. The topological polar surface area (TPSA) is 98.5 Å². The Bertz CT molecular complexity index is 1010. The van der Waals surface area contributed by atoms with Gasteiger partial charge in [0.25, 0.3) is 0 Å². The summed E-state index contributed by atoms with van der Waals surface area (Å²) in [7, 11) is 0. The predicted molar refractivity (Wildman–Crippen MR) is 136 cm³/mol. The summed E-state index contributed by atoms with van der Waals surface area (Å²) in [6.45, 7) is 7.80. The highest BCUT2D eigenvalue weighted by Crippen LogP contribution is 2.31. The minimum atomic E-state index is -0.966.